The van der Waals surface area contributed by atoms with Crippen LogP contribution in [0.5, 0.6) is 0 Å². The summed E-state index contributed by atoms with van der Waals surface area (Å²) in [6.45, 7) is 3.95. The average Bonchev–Trinajstić information content (AvgIpc) is 2.21. The van der Waals surface area contributed by atoms with E-state index in [4.69, 9.17) is 11.6 Å². The van der Waals surface area contributed by atoms with E-state index in [0.717, 1.165) is 29.4 Å². The largest absolute Gasteiger partial charge is 0.233 e. The molecule has 0 spiro atoms. The molecule has 3 heteroatoms. The molecule has 1 nitrogen and oxygen atoms in total. The van der Waals surface area contributed by atoms with Crippen LogP contribution in [0.25, 0.3) is 10.9 Å². The van der Waals surface area contributed by atoms with Gasteiger partial charge in [-0.15, -0.1) is 0 Å². The van der Waals surface area contributed by atoms with Crippen molar-refractivity contribution in [2.75, 3.05) is 0 Å². The fraction of sp³-hybridized carbons (Fsp3) is 0.308. The second-order valence-electron chi connectivity index (χ2n) is 4.01. The molecule has 2 aromatic rings. The van der Waals surface area contributed by atoms with Gasteiger partial charge in [0.05, 0.1) is 0 Å². The molecule has 0 unspecified atom stereocenters. The highest BCUT2D eigenvalue weighted by atomic mass is 35.5. The second-order valence-corrected chi connectivity index (χ2v) is 4.36. The van der Waals surface area contributed by atoms with E-state index in [1.165, 1.54) is 6.07 Å². The number of hydrogen-bond acceptors (Lipinski definition) is 1. The number of benzene rings is 1. The van der Waals surface area contributed by atoms with E-state index < -0.39 is 0 Å². The van der Waals surface area contributed by atoms with Gasteiger partial charge in [0, 0.05) is 5.39 Å². The number of fused-ring (bicyclic) bond motifs is 1. The Hall–Kier alpha value is -1.15. The predicted octanol–water partition coefficient (Wildman–Crippen LogP) is 4.29. The molecule has 0 aliphatic heterocycles. The van der Waals surface area contributed by atoms with E-state index >= 15 is 0 Å². The zero-order chi connectivity index (χ0) is 11.7. The normalized spacial score (nSPS) is 11.0. The Kier molecular flexibility index (Phi) is 3.10. The molecular formula is C13H13ClFN. The quantitative estimate of drug-likeness (QED) is 0.710. The number of aryl methyl sites for hydroxylation is 2. The molecule has 0 aliphatic carbocycles. The Labute approximate surface area is 99.3 Å². The van der Waals surface area contributed by atoms with Crippen molar-refractivity contribution in [1.82, 2.24) is 4.98 Å². The molecule has 2 rings (SSSR count). The van der Waals surface area contributed by atoms with Gasteiger partial charge in [-0.1, -0.05) is 24.9 Å². The van der Waals surface area contributed by atoms with E-state index in [-0.39, 0.29) is 5.82 Å². The van der Waals surface area contributed by atoms with Gasteiger partial charge < -0.3 is 0 Å². The monoisotopic (exact) mass is 237 g/mol. The van der Waals surface area contributed by atoms with Gasteiger partial charge in [0.1, 0.15) is 16.5 Å². The van der Waals surface area contributed by atoms with Crippen LogP contribution in [-0.4, -0.2) is 4.98 Å². The second kappa shape index (κ2) is 4.38. The Morgan fingerprint density at radius 1 is 1.31 bits per heavy atom. The first kappa shape index (κ1) is 11.3. The molecule has 0 bridgehead atoms. The number of rotatable bonds is 2. The first-order valence-electron chi connectivity index (χ1n) is 5.37. The summed E-state index contributed by atoms with van der Waals surface area (Å²) in [4.78, 5) is 4.13. The van der Waals surface area contributed by atoms with Crippen molar-refractivity contribution in [2.24, 2.45) is 0 Å². The van der Waals surface area contributed by atoms with Gasteiger partial charge in [-0.05, 0) is 42.7 Å². The van der Waals surface area contributed by atoms with Crippen LogP contribution in [-0.2, 0) is 6.42 Å². The maximum absolute atomic E-state index is 13.6. The Bertz CT molecular complexity index is 537. The van der Waals surface area contributed by atoms with E-state index in [9.17, 15) is 4.39 Å². The van der Waals surface area contributed by atoms with Crippen molar-refractivity contribution in [3.05, 3.63) is 40.3 Å². The minimum atomic E-state index is -0.306. The summed E-state index contributed by atoms with van der Waals surface area (Å²) in [5, 5.41) is 1.24. The number of hydrogen-bond donors (Lipinski definition) is 0. The number of aromatic nitrogens is 1. The van der Waals surface area contributed by atoms with Crippen LogP contribution < -0.4 is 0 Å². The predicted molar refractivity (Wildman–Crippen MR) is 65.4 cm³/mol. The topological polar surface area (TPSA) is 12.9 Å². The van der Waals surface area contributed by atoms with Crippen LogP contribution in [0.15, 0.2) is 18.2 Å². The Morgan fingerprint density at radius 2 is 2.06 bits per heavy atom. The highest BCUT2D eigenvalue weighted by Gasteiger charge is 2.08. The fourth-order valence-corrected chi connectivity index (χ4v) is 2.08. The lowest BCUT2D eigenvalue weighted by Crippen LogP contribution is -1.93. The third-order valence-corrected chi connectivity index (χ3v) is 2.89. The zero-order valence-electron chi connectivity index (χ0n) is 9.35. The van der Waals surface area contributed by atoms with Gasteiger partial charge in [0.15, 0.2) is 0 Å². The molecule has 1 aromatic carbocycles. The molecule has 0 aliphatic rings. The highest BCUT2D eigenvalue weighted by molar-refractivity contribution is 6.30. The molecule has 0 saturated carbocycles. The summed E-state index contributed by atoms with van der Waals surface area (Å²) in [6, 6.07) is 5.34. The van der Waals surface area contributed by atoms with Crippen molar-refractivity contribution in [1.29, 1.82) is 0 Å². The molecule has 0 fully saturated rings. The Balaban J connectivity index is 2.69. The van der Waals surface area contributed by atoms with Gasteiger partial charge in [0.25, 0.3) is 0 Å². The first-order valence-corrected chi connectivity index (χ1v) is 5.75. The fourth-order valence-electron chi connectivity index (χ4n) is 1.85. The summed E-state index contributed by atoms with van der Waals surface area (Å²) in [6.07, 6.45) is 1.87. The molecule has 0 saturated heterocycles. The molecule has 1 heterocycles. The maximum Gasteiger partial charge on any atom is 0.149 e. The molecule has 0 N–H and O–H groups in total. The smallest absolute Gasteiger partial charge is 0.149 e. The number of pyridine rings is 1. The minimum absolute atomic E-state index is 0.306. The van der Waals surface area contributed by atoms with Crippen molar-refractivity contribution in [3.63, 3.8) is 0 Å². The minimum Gasteiger partial charge on any atom is -0.233 e. The molecule has 0 radical (unpaired) electrons. The summed E-state index contributed by atoms with van der Waals surface area (Å²) in [5.74, 6) is -0.306. The summed E-state index contributed by atoms with van der Waals surface area (Å²) >= 11 is 6.02. The maximum atomic E-state index is 13.6. The lowest BCUT2D eigenvalue weighted by Gasteiger charge is -2.06. The lowest BCUT2D eigenvalue weighted by atomic mass is 10.1. The molecule has 0 atom stereocenters. The third-order valence-electron chi connectivity index (χ3n) is 2.56. The third kappa shape index (κ3) is 2.03. The van der Waals surface area contributed by atoms with Crippen LogP contribution in [0.2, 0.25) is 5.15 Å². The van der Waals surface area contributed by atoms with Gasteiger partial charge in [-0.25, -0.2) is 9.37 Å². The average molecular weight is 238 g/mol. The van der Waals surface area contributed by atoms with E-state index in [2.05, 4.69) is 11.9 Å². The van der Waals surface area contributed by atoms with Gasteiger partial charge >= 0.3 is 0 Å². The zero-order valence-corrected chi connectivity index (χ0v) is 10.1. The molecule has 16 heavy (non-hydrogen) atoms. The van der Waals surface area contributed by atoms with E-state index in [1.54, 1.807) is 0 Å². The van der Waals surface area contributed by atoms with Gasteiger partial charge in [-0.3, -0.25) is 0 Å². The van der Waals surface area contributed by atoms with Crippen molar-refractivity contribution >= 4 is 22.5 Å². The summed E-state index contributed by atoms with van der Waals surface area (Å²) in [5.41, 5.74) is 2.24. The van der Waals surface area contributed by atoms with Gasteiger partial charge in [0.2, 0.25) is 0 Å². The van der Waals surface area contributed by atoms with Crippen molar-refractivity contribution in [2.45, 2.75) is 26.7 Å². The van der Waals surface area contributed by atoms with Crippen molar-refractivity contribution < 1.29 is 4.39 Å². The SMILES string of the molecule is CCCc1cc2cc(C)cc(F)c2nc1Cl. The van der Waals surface area contributed by atoms with Crippen LogP contribution in [0, 0.1) is 12.7 Å². The van der Waals surface area contributed by atoms with Gasteiger partial charge in [-0.2, -0.15) is 0 Å². The van der Waals surface area contributed by atoms with Crippen LogP contribution in [0.3, 0.4) is 0 Å². The van der Waals surface area contributed by atoms with Crippen LogP contribution in [0.4, 0.5) is 4.39 Å². The number of nitrogens with zero attached hydrogens (tertiary/aromatic N) is 1. The van der Waals surface area contributed by atoms with Crippen molar-refractivity contribution in [3.8, 4) is 0 Å². The molecule has 84 valence electrons. The summed E-state index contributed by atoms with van der Waals surface area (Å²) in [7, 11) is 0. The van der Waals surface area contributed by atoms with Crippen LogP contribution in [0.1, 0.15) is 24.5 Å². The van der Waals surface area contributed by atoms with E-state index in [0.29, 0.717) is 10.7 Å². The lowest BCUT2D eigenvalue weighted by molar-refractivity contribution is 0.635. The molecule has 1 aromatic heterocycles. The molecule has 0 amide bonds. The Morgan fingerprint density at radius 3 is 2.75 bits per heavy atom. The van der Waals surface area contributed by atoms with E-state index in [1.807, 2.05) is 19.1 Å². The molecular weight excluding hydrogens is 225 g/mol. The highest BCUT2D eigenvalue weighted by Crippen LogP contribution is 2.24. The van der Waals surface area contributed by atoms with Crippen LogP contribution >= 0.6 is 11.6 Å². The summed E-state index contributed by atoms with van der Waals surface area (Å²) < 4.78 is 13.6. The number of halogens is 2. The first-order chi connectivity index (χ1) is 7.61. The standard InChI is InChI=1S/C13H13ClFN/c1-3-4-9-7-10-5-8(2)6-11(15)12(10)16-13(9)14/h5-7H,3-4H2,1-2H3.